The van der Waals surface area contributed by atoms with Crippen LogP contribution in [0.2, 0.25) is 5.02 Å². The number of sulfonamides is 1. The lowest BCUT2D eigenvalue weighted by molar-refractivity contribution is -0.0400. The molecule has 2 heterocycles. The van der Waals surface area contributed by atoms with Crippen LogP contribution in [0.3, 0.4) is 0 Å². The van der Waals surface area contributed by atoms with Gasteiger partial charge >= 0.3 is 0 Å². The third-order valence-electron chi connectivity index (χ3n) is 5.89. The third-order valence-corrected chi connectivity index (χ3v) is 7.56. The fraction of sp³-hybridized carbons (Fsp3) is 0.208. The molecule has 2 aliphatic heterocycles. The molecule has 0 spiro atoms. The molecular formula is C24H19ClF2N2O6S. The highest BCUT2D eigenvalue weighted by Crippen LogP contribution is 2.38. The number of aromatic hydroxyl groups is 1. The van der Waals surface area contributed by atoms with Gasteiger partial charge in [0.1, 0.15) is 35.0 Å². The van der Waals surface area contributed by atoms with Crippen molar-refractivity contribution in [3.8, 4) is 22.6 Å². The number of hydrogen-bond acceptors (Lipinski definition) is 6. The minimum atomic E-state index is -4.67. The molecule has 188 valence electrons. The Morgan fingerprint density at radius 2 is 1.86 bits per heavy atom. The van der Waals surface area contributed by atoms with E-state index in [0.29, 0.717) is 6.07 Å². The van der Waals surface area contributed by atoms with Gasteiger partial charge in [-0.1, -0.05) is 29.8 Å². The highest BCUT2D eigenvalue weighted by molar-refractivity contribution is 7.92. The molecule has 0 unspecified atom stereocenters. The Hall–Kier alpha value is -3.41. The Balaban J connectivity index is 1.71. The van der Waals surface area contributed by atoms with Crippen LogP contribution in [0.15, 0.2) is 53.4 Å². The first kappa shape index (κ1) is 24.3. The zero-order valence-corrected chi connectivity index (χ0v) is 20.1. The number of amides is 1. The van der Waals surface area contributed by atoms with Gasteiger partial charge < -0.3 is 19.5 Å². The summed E-state index contributed by atoms with van der Waals surface area (Å²) in [7, 11) is -4.67. The monoisotopic (exact) mass is 536 g/mol. The average Bonchev–Trinajstić information content (AvgIpc) is 2.85. The Morgan fingerprint density at radius 3 is 2.67 bits per heavy atom. The number of halogens is 3. The lowest BCUT2D eigenvalue weighted by Crippen LogP contribution is -2.47. The smallest absolute Gasteiger partial charge is 0.265 e. The molecule has 0 aliphatic carbocycles. The van der Waals surface area contributed by atoms with E-state index >= 15 is 0 Å². The molecule has 3 aromatic carbocycles. The Kier molecular flexibility index (Phi) is 6.23. The molecule has 5 rings (SSSR count). The van der Waals surface area contributed by atoms with Crippen LogP contribution in [0.1, 0.15) is 10.4 Å². The van der Waals surface area contributed by atoms with E-state index in [4.69, 9.17) is 21.1 Å². The van der Waals surface area contributed by atoms with E-state index in [1.54, 1.807) is 24.3 Å². The SMILES string of the molecule is O=C1c2cc(Cl)c(O)c(c2)S(=O)(=O)Nc2cc(c(F)cc2F)-c2ccccc2OC[C@@H]2CN1CCO2. The predicted octanol–water partition coefficient (Wildman–Crippen LogP) is 4.03. The van der Waals surface area contributed by atoms with Gasteiger partial charge in [-0.05, 0) is 24.3 Å². The van der Waals surface area contributed by atoms with Gasteiger partial charge in [-0.2, -0.15) is 0 Å². The molecule has 0 saturated carbocycles. The molecule has 3 aromatic rings. The van der Waals surface area contributed by atoms with Gasteiger partial charge in [0, 0.05) is 29.3 Å². The lowest BCUT2D eigenvalue weighted by atomic mass is 10.0. The number of ether oxygens (including phenoxy) is 2. The summed E-state index contributed by atoms with van der Waals surface area (Å²) in [6.07, 6.45) is -0.533. The molecule has 6 bridgehead atoms. The number of carbonyl (C=O) groups is 1. The fourth-order valence-corrected chi connectivity index (χ4v) is 5.60. The molecular weight excluding hydrogens is 518 g/mol. The highest BCUT2D eigenvalue weighted by atomic mass is 35.5. The summed E-state index contributed by atoms with van der Waals surface area (Å²) >= 11 is 6.05. The van der Waals surface area contributed by atoms with Crippen LogP contribution in [0.5, 0.6) is 11.5 Å². The second-order valence-corrected chi connectivity index (χ2v) is 10.3. The van der Waals surface area contributed by atoms with E-state index in [1.807, 2.05) is 4.72 Å². The summed E-state index contributed by atoms with van der Waals surface area (Å²) in [5, 5.41) is 10.0. The van der Waals surface area contributed by atoms with Crippen molar-refractivity contribution in [1.82, 2.24) is 4.90 Å². The second kappa shape index (κ2) is 9.23. The van der Waals surface area contributed by atoms with Crippen molar-refractivity contribution < 1.29 is 36.6 Å². The number of anilines is 1. The fourth-order valence-electron chi connectivity index (χ4n) is 4.12. The predicted molar refractivity (Wildman–Crippen MR) is 127 cm³/mol. The zero-order chi connectivity index (χ0) is 25.6. The van der Waals surface area contributed by atoms with Crippen molar-refractivity contribution in [3.63, 3.8) is 0 Å². The van der Waals surface area contributed by atoms with Crippen molar-refractivity contribution in [2.75, 3.05) is 31.0 Å². The van der Waals surface area contributed by atoms with Crippen molar-refractivity contribution in [2.45, 2.75) is 11.0 Å². The quantitative estimate of drug-likeness (QED) is 0.449. The number of rotatable bonds is 0. The number of para-hydroxylation sites is 1. The van der Waals surface area contributed by atoms with E-state index in [1.165, 1.54) is 4.90 Å². The van der Waals surface area contributed by atoms with E-state index in [9.17, 15) is 27.1 Å². The maximum absolute atomic E-state index is 14.9. The molecule has 1 saturated heterocycles. The van der Waals surface area contributed by atoms with Gasteiger partial charge in [0.15, 0.2) is 5.75 Å². The van der Waals surface area contributed by atoms with Crippen molar-refractivity contribution in [3.05, 3.63) is 70.8 Å². The lowest BCUT2D eigenvalue weighted by Gasteiger charge is -2.33. The molecule has 0 radical (unpaired) electrons. The van der Waals surface area contributed by atoms with Crippen LogP contribution in [-0.4, -0.2) is 56.7 Å². The van der Waals surface area contributed by atoms with Crippen LogP contribution >= 0.6 is 11.6 Å². The molecule has 1 amide bonds. The van der Waals surface area contributed by atoms with E-state index in [-0.39, 0.29) is 53.8 Å². The first-order valence-electron chi connectivity index (χ1n) is 10.8. The third kappa shape index (κ3) is 4.45. The second-order valence-electron chi connectivity index (χ2n) is 8.27. The molecule has 0 aromatic heterocycles. The van der Waals surface area contributed by atoms with Crippen molar-refractivity contribution >= 4 is 33.2 Å². The van der Waals surface area contributed by atoms with Crippen LogP contribution in [-0.2, 0) is 14.8 Å². The van der Waals surface area contributed by atoms with Crippen LogP contribution in [0.4, 0.5) is 14.5 Å². The number of fused-ring (bicyclic) bond motifs is 8. The highest BCUT2D eigenvalue weighted by Gasteiger charge is 2.30. The number of nitrogens with one attached hydrogen (secondary N) is 1. The molecule has 2 aliphatic rings. The summed E-state index contributed by atoms with van der Waals surface area (Å²) < 4.78 is 69.6. The molecule has 1 atom stereocenters. The van der Waals surface area contributed by atoms with Gasteiger partial charge in [0.05, 0.1) is 23.9 Å². The Labute approximate surface area is 210 Å². The maximum atomic E-state index is 14.9. The Morgan fingerprint density at radius 1 is 1.08 bits per heavy atom. The van der Waals surface area contributed by atoms with E-state index in [0.717, 1.165) is 18.2 Å². The van der Waals surface area contributed by atoms with Crippen molar-refractivity contribution in [1.29, 1.82) is 0 Å². The molecule has 1 fully saturated rings. The van der Waals surface area contributed by atoms with Gasteiger partial charge in [-0.15, -0.1) is 0 Å². The van der Waals surface area contributed by atoms with Crippen LogP contribution in [0, 0.1) is 11.6 Å². The molecule has 8 nitrogen and oxygen atoms in total. The summed E-state index contributed by atoms with van der Waals surface area (Å²) in [6, 6.07) is 10.0. The number of nitrogens with zero attached hydrogens (tertiary/aromatic N) is 1. The number of benzene rings is 3. The standard InChI is InChI=1S/C24H19ClF2N2O6S/c25-17-7-13-8-22(23(17)30)36(32,33)28-20-9-16(18(26)10-19(20)27)15-3-1-2-4-21(15)35-12-14-11-29(24(13)31)5-6-34-14/h1-4,7-10,14,28,30H,5-6,11-12H2/t14-/m0/s1. The first-order chi connectivity index (χ1) is 17.1. The van der Waals surface area contributed by atoms with Gasteiger partial charge in [-0.25, -0.2) is 17.2 Å². The van der Waals surface area contributed by atoms with Gasteiger partial charge in [0.2, 0.25) is 0 Å². The molecule has 12 heteroatoms. The minimum Gasteiger partial charge on any atom is -0.505 e. The molecule has 36 heavy (non-hydrogen) atoms. The number of carbonyl (C=O) groups excluding carboxylic acids is 1. The summed E-state index contributed by atoms with van der Waals surface area (Å²) in [5.41, 5.74) is -0.546. The van der Waals surface area contributed by atoms with Gasteiger partial charge in [-0.3, -0.25) is 9.52 Å². The molecule has 2 N–H and O–H groups in total. The first-order valence-corrected chi connectivity index (χ1v) is 12.7. The Bertz CT molecular complexity index is 1480. The normalized spacial score (nSPS) is 19.1. The maximum Gasteiger partial charge on any atom is 0.265 e. The number of hydrogen-bond donors (Lipinski definition) is 2. The average molecular weight is 537 g/mol. The zero-order valence-electron chi connectivity index (χ0n) is 18.5. The van der Waals surface area contributed by atoms with E-state index < -0.39 is 50.0 Å². The van der Waals surface area contributed by atoms with E-state index in [2.05, 4.69) is 0 Å². The van der Waals surface area contributed by atoms with Crippen LogP contribution in [0.25, 0.3) is 11.1 Å². The number of phenolic OH excluding ortho intramolecular Hbond substituents is 1. The number of phenols is 1. The topological polar surface area (TPSA) is 105 Å². The minimum absolute atomic E-state index is 0.0324. The van der Waals surface area contributed by atoms with Gasteiger partial charge in [0.25, 0.3) is 15.9 Å². The van der Waals surface area contributed by atoms with Crippen molar-refractivity contribution in [2.24, 2.45) is 0 Å². The largest absolute Gasteiger partial charge is 0.505 e. The summed E-state index contributed by atoms with van der Waals surface area (Å²) in [6.45, 7) is 0.598. The number of morpholine rings is 1. The summed E-state index contributed by atoms with van der Waals surface area (Å²) in [4.78, 5) is 13.9. The van der Waals surface area contributed by atoms with Crippen LogP contribution < -0.4 is 9.46 Å². The summed E-state index contributed by atoms with van der Waals surface area (Å²) in [5.74, 6) is -3.23.